The second-order valence-corrected chi connectivity index (χ2v) is 6.02. The Bertz CT molecular complexity index is 990. The average Bonchev–Trinajstić information content (AvgIpc) is 2.69. The third kappa shape index (κ3) is 3.07. The fraction of sp³-hybridized carbons (Fsp3) is 0.0435. The second-order valence-electron chi connectivity index (χ2n) is 6.02. The summed E-state index contributed by atoms with van der Waals surface area (Å²) in [4.78, 5) is 9.26. The lowest BCUT2D eigenvalue weighted by molar-refractivity contribution is 1.18. The van der Waals surface area contributed by atoms with E-state index in [1.807, 2.05) is 36.7 Å². The maximum Gasteiger partial charge on any atom is 0.159 e. The first-order valence-corrected chi connectivity index (χ1v) is 8.36. The van der Waals surface area contributed by atoms with Crippen LogP contribution < -0.4 is 0 Å². The van der Waals surface area contributed by atoms with E-state index in [-0.39, 0.29) is 0 Å². The van der Waals surface area contributed by atoms with Crippen molar-refractivity contribution in [2.45, 2.75) is 6.92 Å². The van der Waals surface area contributed by atoms with Crippen molar-refractivity contribution in [2.24, 2.45) is 0 Å². The first-order chi connectivity index (χ1) is 12.3. The molecule has 0 aliphatic carbocycles. The highest BCUT2D eigenvalue weighted by Crippen LogP contribution is 2.32. The Morgan fingerprint density at radius 1 is 0.520 bits per heavy atom. The van der Waals surface area contributed by atoms with Crippen LogP contribution in [0.1, 0.15) is 5.56 Å². The fourth-order valence-electron chi connectivity index (χ4n) is 3.03. The van der Waals surface area contributed by atoms with Crippen LogP contribution >= 0.6 is 0 Å². The maximum atomic E-state index is 4.63. The predicted octanol–water partition coefficient (Wildman–Crippen LogP) is 5.79. The molecule has 2 nitrogen and oxygen atoms in total. The van der Waals surface area contributed by atoms with Crippen LogP contribution in [0.3, 0.4) is 0 Å². The molecule has 0 aliphatic heterocycles. The molecule has 0 N–H and O–H groups in total. The van der Waals surface area contributed by atoms with E-state index in [0.717, 1.165) is 28.1 Å². The van der Waals surface area contributed by atoms with Crippen LogP contribution in [0.25, 0.3) is 33.6 Å². The van der Waals surface area contributed by atoms with Crippen molar-refractivity contribution in [2.75, 3.05) is 0 Å². The molecule has 0 radical (unpaired) electrons. The van der Waals surface area contributed by atoms with Crippen LogP contribution in [0.4, 0.5) is 0 Å². The molecule has 0 saturated heterocycles. The summed E-state index contributed by atoms with van der Waals surface area (Å²) in [7, 11) is 0. The minimum Gasteiger partial charge on any atom is -0.236 e. The van der Waals surface area contributed by atoms with Gasteiger partial charge in [-0.1, -0.05) is 78.9 Å². The van der Waals surface area contributed by atoms with E-state index in [1.165, 1.54) is 11.1 Å². The molecule has 120 valence electrons. The van der Waals surface area contributed by atoms with E-state index >= 15 is 0 Å². The van der Waals surface area contributed by atoms with Crippen LogP contribution in [0, 0.1) is 6.92 Å². The molecular weight excluding hydrogens is 304 g/mol. The third-order valence-electron chi connectivity index (χ3n) is 4.36. The molecular formula is C23H18N2. The number of benzene rings is 3. The van der Waals surface area contributed by atoms with Crippen LogP contribution in [0.15, 0.2) is 91.3 Å². The number of hydrogen-bond acceptors (Lipinski definition) is 2. The summed E-state index contributed by atoms with van der Waals surface area (Å²) in [5.41, 5.74) is 6.83. The van der Waals surface area contributed by atoms with Gasteiger partial charge in [0.1, 0.15) is 0 Å². The molecule has 0 fully saturated rings. The summed E-state index contributed by atoms with van der Waals surface area (Å²) in [6.07, 6.45) is 3.79. The fourth-order valence-corrected chi connectivity index (χ4v) is 3.03. The van der Waals surface area contributed by atoms with Gasteiger partial charge in [0, 0.05) is 23.5 Å². The van der Waals surface area contributed by atoms with Gasteiger partial charge in [-0.2, -0.15) is 0 Å². The van der Waals surface area contributed by atoms with Gasteiger partial charge in [-0.05, 0) is 29.2 Å². The van der Waals surface area contributed by atoms with Crippen molar-refractivity contribution in [3.05, 3.63) is 96.8 Å². The highest BCUT2D eigenvalue weighted by Gasteiger charge is 2.11. The Labute approximate surface area is 147 Å². The van der Waals surface area contributed by atoms with Gasteiger partial charge in [0.25, 0.3) is 0 Å². The largest absolute Gasteiger partial charge is 0.236 e. The highest BCUT2D eigenvalue weighted by molar-refractivity contribution is 5.82. The van der Waals surface area contributed by atoms with Crippen molar-refractivity contribution < 1.29 is 0 Å². The summed E-state index contributed by atoms with van der Waals surface area (Å²) >= 11 is 0. The van der Waals surface area contributed by atoms with E-state index in [0.29, 0.717) is 0 Å². The van der Waals surface area contributed by atoms with Crippen molar-refractivity contribution in [1.82, 2.24) is 9.97 Å². The molecule has 0 spiro atoms. The number of rotatable bonds is 3. The Kier molecular flexibility index (Phi) is 4.09. The van der Waals surface area contributed by atoms with Gasteiger partial charge in [0.05, 0.1) is 0 Å². The molecule has 0 aliphatic rings. The summed E-state index contributed by atoms with van der Waals surface area (Å²) < 4.78 is 0. The monoisotopic (exact) mass is 322 g/mol. The van der Waals surface area contributed by atoms with Crippen LogP contribution in [0.5, 0.6) is 0 Å². The molecule has 4 aromatic rings. The molecule has 1 heterocycles. The van der Waals surface area contributed by atoms with Gasteiger partial charge < -0.3 is 0 Å². The predicted molar refractivity (Wildman–Crippen MR) is 103 cm³/mol. The topological polar surface area (TPSA) is 25.8 Å². The summed E-state index contributed by atoms with van der Waals surface area (Å²) in [6, 6.07) is 26.9. The lowest BCUT2D eigenvalue weighted by atomic mass is 9.95. The minimum absolute atomic E-state index is 0.749. The molecule has 2 heteroatoms. The molecule has 0 saturated carbocycles. The van der Waals surface area contributed by atoms with Gasteiger partial charge in [0.15, 0.2) is 5.82 Å². The quantitative estimate of drug-likeness (QED) is 0.477. The number of aromatic nitrogens is 2. The Morgan fingerprint density at radius 2 is 1.08 bits per heavy atom. The second kappa shape index (κ2) is 6.70. The zero-order valence-corrected chi connectivity index (χ0v) is 14.1. The molecule has 0 atom stereocenters. The van der Waals surface area contributed by atoms with E-state index < -0.39 is 0 Å². The van der Waals surface area contributed by atoms with Crippen molar-refractivity contribution in [3.63, 3.8) is 0 Å². The zero-order chi connectivity index (χ0) is 17.1. The summed E-state index contributed by atoms with van der Waals surface area (Å²) in [5, 5.41) is 0. The van der Waals surface area contributed by atoms with E-state index in [9.17, 15) is 0 Å². The number of hydrogen-bond donors (Lipinski definition) is 0. The molecule has 1 aromatic heterocycles. The Morgan fingerprint density at radius 3 is 1.76 bits per heavy atom. The minimum atomic E-state index is 0.749. The van der Waals surface area contributed by atoms with Crippen LogP contribution in [-0.2, 0) is 0 Å². The molecule has 3 aromatic carbocycles. The molecule has 25 heavy (non-hydrogen) atoms. The first-order valence-electron chi connectivity index (χ1n) is 8.36. The Hall–Kier alpha value is -3.26. The number of aryl methyl sites for hydroxylation is 1. The van der Waals surface area contributed by atoms with E-state index in [2.05, 4.69) is 71.5 Å². The zero-order valence-electron chi connectivity index (χ0n) is 14.1. The number of nitrogens with zero attached hydrogens (tertiary/aromatic N) is 2. The SMILES string of the molecule is Cc1ccccc1-c1ccccc1-c1ncc(-c2ccccc2)cn1. The Balaban J connectivity index is 1.78. The van der Waals surface area contributed by atoms with Crippen LogP contribution in [0.2, 0.25) is 0 Å². The standard InChI is InChI=1S/C23H18N2/c1-17-9-5-6-12-20(17)21-13-7-8-14-22(21)23-24-15-19(16-25-23)18-10-3-2-4-11-18/h2-16H,1H3. The van der Waals surface area contributed by atoms with Crippen molar-refractivity contribution in [1.29, 1.82) is 0 Å². The van der Waals surface area contributed by atoms with Gasteiger partial charge in [-0.25, -0.2) is 9.97 Å². The molecule has 0 amide bonds. The smallest absolute Gasteiger partial charge is 0.159 e. The van der Waals surface area contributed by atoms with Crippen LogP contribution in [-0.4, -0.2) is 9.97 Å². The van der Waals surface area contributed by atoms with Gasteiger partial charge >= 0.3 is 0 Å². The molecule has 0 unspecified atom stereocenters. The third-order valence-corrected chi connectivity index (χ3v) is 4.36. The summed E-state index contributed by atoms with van der Waals surface area (Å²) in [5.74, 6) is 0.749. The van der Waals surface area contributed by atoms with Crippen molar-refractivity contribution in [3.8, 4) is 33.6 Å². The summed E-state index contributed by atoms with van der Waals surface area (Å²) in [6.45, 7) is 2.13. The molecule has 0 bridgehead atoms. The maximum absolute atomic E-state index is 4.63. The van der Waals surface area contributed by atoms with Gasteiger partial charge in [0.2, 0.25) is 0 Å². The lowest BCUT2D eigenvalue weighted by Crippen LogP contribution is -1.93. The van der Waals surface area contributed by atoms with E-state index in [1.54, 1.807) is 0 Å². The van der Waals surface area contributed by atoms with Crippen molar-refractivity contribution >= 4 is 0 Å². The average molecular weight is 322 g/mol. The normalized spacial score (nSPS) is 10.6. The van der Waals surface area contributed by atoms with Gasteiger partial charge in [-0.3, -0.25) is 0 Å². The van der Waals surface area contributed by atoms with E-state index in [4.69, 9.17) is 0 Å². The van der Waals surface area contributed by atoms with Gasteiger partial charge in [-0.15, -0.1) is 0 Å². The highest BCUT2D eigenvalue weighted by atomic mass is 14.9. The lowest BCUT2D eigenvalue weighted by Gasteiger charge is -2.11. The first kappa shape index (κ1) is 15.3. The molecule has 4 rings (SSSR count).